The molecule has 6 atom stereocenters. The number of thioether (sulfide) groups is 1. The monoisotopic (exact) mass is 496 g/mol. The fraction of sp³-hybridized carbons (Fsp3) is 0.565. The Morgan fingerprint density at radius 1 is 0.941 bits per heavy atom. The number of fused-ring (bicyclic) bond motifs is 1. The molecule has 2 saturated heterocycles. The Hall–Kier alpha value is -2.63. The van der Waals surface area contributed by atoms with Crippen molar-refractivity contribution in [3.05, 3.63) is 30.3 Å². The van der Waals surface area contributed by atoms with E-state index < -0.39 is 65.8 Å². The van der Waals surface area contributed by atoms with Crippen molar-refractivity contribution in [2.45, 2.75) is 74.5 Å². The van der Waals surface area contributed by atoms with Crippen LogP contribution >= 0.6 is 11.8 Å². The van der Waals surface area contributed by atoms with Crippen molar-refractivity contribution in [2.75, 3.05) is 13.2 Å². The minimum atomic E-state index is -1.79. The van der Waals surface area contributed by atoms with E-state index in [0.717, 1.165) is 4.90 Å². The molecule has 3 rings (SSSR count). The minimum Gasteiger partial charge on any atom is -0.466 e. The maximum atomic E-state index is 13.3. The summed E-state index contributed by atoms with van der Waals surface area (Å²) >= 11 is 1.25. The first-order valence-electron chi connectivity index (χ1n) is 10.9. The molecule has 0 amide bonds. The molecule has 2 aliphatic heterocycles. The summed E-state index contributed by atoms with van der Waals surface area (Å²) in [5.41, 5.74) is -1.79. The standard InChI is InChI=1S/C23H28O10S/c1-5-28-16(26)12-23(22(27)29-6-2)20(34-15-10-8-7-9-11-15)18-17(33-23)19(30-13(3)24)21(32-18)31-14(4)25/h7-11,17-21H,5-6,12H2,1-4H3/t17-,18-,19-,20+,21?,23-/m1/s1. The van der Waals surface area contributed by atoms with E-state index in [4.69, 9.17) is 28.4 Å². The second kappa shape index (κ2) is 11.2. The molecule has 1 aromatic rings. The van der Waals surface area contributed by atoms with E-state index in [1.165, 1.54) is 25.6 Å². The molecule has 0 saturated carbocycles. The largest absolute Gasteiger partial charge is 0.466 e. The van der Waals surface area contributed by atoms with E-state index in [9.17, 15) is 19.2 Å². The zero-order valence-corrected chi connectivity index (χ0v) is 20.2. The number of ether oxygens (including phenoxy) is 6. The van der Waals surface area contributed by atoms with Gasteiger partial charge in [-0.1, -0.05) is 18.2 Å². The lowest BCUT2D eigenvalue weighted by molar-refractivity contribution is -0.207. The molecule has 1 unspecified atom stereocenters. The third-order valence-electron chi connectivity index (χ3n) is 5.24. The first-order chi connectivity index (χ1) is 16.2. The topological polar surface area (TPSA) is 124 Å². The molecule has 2 heterocycles. The molecule has 186 valence electrons. The minimum absolute atomic E-state index is 0.0507. The summed E-state index contributed by atoms with van der Waals surface area (Å²) in [6.07, 6.45) is -4.71. The van der Waals surface area contributed by atoms with Crippen molar-refractivity contribution >= 4 is 35.6 Å². The Balaban J connectivity index is 2.06. The van der Waals surface area contributed by atoms with Gasteiger partial charge in [-0.25, -0.2) is 4.79 Å². The van der Waals surface area contributed by atoms with Crippen molar-refractivity contribution in [3.63, 3.8) is 0 Å². The van der Waals surface area contributed by atoms with Gasteiger partial charge in [-0.2, -0.15) is 0 Å². The van der Waals surface area contributed by atoms with Crippen molar-refractivity contribution in [3.8, 4) is 0 Å². The summed E-state index contributed by atoms with van der Waals surface area (Å²) in [6, 6.07) is 9.16. The Morgan fingerprint density at radius 2 is 1.59 bits per heavy atom. The lowest BCUT2D eigenvalue weighted by Gasteiger charge is -2.33. The zero-order valence-electron chi connectivity index (χ0n) is 19.4. The van der Waals surface area contributed by atoms with Gasteiger partial charge in [0.25, 0.3) is 0 Å². The Morgan fingerprint density at radius 3 is 2.18 bits per heavy atom. The van der Waals surface area contributed by atoms with Crippen LogP contribution in [0.5, 0.6) is 0 Å². The molecule has 1 aromatic carbocycles. The highest BCUT2D eigenvalue weighted by atomic mass is 32.2. The molecule has 0 aromatic heterocycles. The third-order valence-corrected chi connectivity index (χ3v) is 6.68. The van der Waals surface area contributed by atoms with E-state index >= 15 is 0 Å². The van der Waals surface area contributed by atoms with Crippen LogP contribution < -0.4 is 0 Å². The van der Waals surface area contributed by atoms with Gasteiger partial charge in [-0.15, -0.1) is 11.8 Å². The highest BCUT2D eigenvalue weighted by Crippen LogP contribution is 2.51. The lowest BCUT2D eigenvalue weighted by atomic mass is 9.93. The van der Waals surface area contributed by atoms with Crippen LogP contribution in [0.3, 0.4) is 0 Å². The molecule has 0 N–H and O–H groups in total. The predicted octanol–water partition coefficient (Wildman–Crippen LogP) is 2.02. The number of carbonyl (C=O) groups is 4. The Kier molecular flexibility index (Phi) is 8.56. The Labute approximate surface area is 201 Å². The van der Waals surface area contributed by atoms with E-state index in [1.54, 1.807) is 13.8 Å². The molecule has 2 fully saturated rings. The SMILES string of the molecule is CCOC(=O)C[C@@]1(C(=O)OCC)O[C@@H]2[C@@H](OC(OC(C)=O)[C@@H]2OC(C)=O)[C@@H]1Sc1ccccc1. The van der Waals surface area contributed by atoms with Gasteiger partial charge in [-0.3, -0.25) is 14.4 Å². The van der Waals surface area contributed by atoms with Gasteiger partial charge in [-0.05, 0) is 26.0 Å². The van der Waals surface area contributed by atoms with Gasteiger partial charge in [0.05, 0.1) is 24.9 Å². The summed E-state index contributed by atoms with van der Waals surface area (Å²) in [7, 11) is 0. The van der Waals surface area contributed by atoms with Crippen LogP contribution in [0.25, 0.3) is 0 Å². The summed E-state index contributed by atoms with van der Waals surface area (Å²) < 4.78 is 33.2. The van der Waals surface area contributed by atoms with Crippen LogP contribution in [0.15, 0.2) is 35.2 Å². The number of carbonyl (C=O) groups excluding carboxylic acids is 4. The normalized spacial score (nSPS) is 29.7. The first kappa shape index (κ1) is 26.0. The summed E-state index contributed by atoms with van der Waals surface area (Å²) in [5, 5.41) is -0.818. The molecule has 0 spiro atoms. The maximum absolute atomic E-state index is 13.3. The number of rotatable bonds is 9. The summed E-state index contributed by atoms with van der Waals surface area (Å²) in [4.78, 5) is 50.1. The van der Waals surface area contributed by atoms with Gasteiger partial charge >= 0.3 is 23.9 Å². The molecular formula is C23H28O10S. The van der Waals surface area contributed by atoms with Gasteiger partial charge in [0, 0.05) is 18.7 Å². The van der Waals surface area contributed by atoms with Crippen LogP contribution in [0.2, 0.25) is 0 Å². The van der Waals surface area contributed by atoms with Gasteiger partial charge in [0.1, 0.15) is 12.2 Å². The first-order valence-corrected chi connectivity index (χ1v) is 11.8. The van der Waals surface area contributed by atoms with Gasteiger partial charge < -0.3 is 28.4 Å². The van der Waals surface area contributed by atoms with Crippen molar-refractivity contribution in [2.24, 2.45) is 0 Å². The molecular weight excluding hydrogens is 468 g/mol. The smallest absolute Gasteiger partial charge is 0.340 e. The number of hydrogen-bond acceptors (Lipinski definition) is 11. The van der Waals surface area contributed by atoms with Crippen LogP contribution in [-0.4, -0.2) is 72.5 Å². The van der Waals surface area contributed by atoms with Crippen molar-refractivity contribution in [1.82, 2.24) is 0 Å². The summed E-state index contributed by atoms with van der Waals surface area (Å²) in [6.45, 7) is 5.85. The third kappa shape index (κ3) is 5.53. The number of hydrogen-bond donors (Lipinski definition) is 0. The lowest BCUT2D eigenvalue weighted by Crippen LogP contribution is -2.52. The predicted molar refractivity (Wildman–Crippen MR) is 118 cm³/mol. The molecule has 0 aliphatic carbocycles. The summed E-state index contributed by atoms with van der Waals surface area (Å²) in [5.74, 6) is -2.71. The van der Waals surface area contributed by atoms with Crippen LogP contribution in [-0.2, 0) is 47.6 Å². The Bertz CT molecular complexity index is 906. The molecule has 2 aliphatic rings. The molecule has 11 heteroatoms. The maximum Gasteiger partial charge on any atom is 0.340 e. The highest BCUT2D eigenvalue weighted by Gasteiger charge is 2.69. The van der Waals surface area contributed by atoms with E-state index in [2.05, 4.69) is 0 Å². The second-order valence-electron chi connectivity index (χ2n) is 7.68. The average molecular weight is 497 g/mol. The fourth-order valence-electron chi connectivity index (χ4n) is 4.04. The zero-order chi connectivity index (χ0) is 24.9. The number of benzene rings is 1. The number of esters is 4. The van der Waals surface area contributed by atoms with E-state index in [0.29, 0.717) is 0 Å². The molecule has 34 heavy (non-hydrogen) atoms. The highest BCUT2D eigenvalue weighted by molar-refractivity contribution is 8.00. The molecule has 0 radical (unpaired) electrons. The molecule has 0 bridgehead atoms. The van der Waals surface area contributed by atoms with Crippen LogP contribution in [0, 0.1) is 0 Å². The average Bonchev–Trinajstić information content (AvgIpc) is 3.23. The van der Waals surface area contributed by atoms with Crippen LogP contribution in [0.4, 0.5) is 0 Å². The van der Waals surface area contributed by atoms with Crippen molar-refractivity contribution < 1.29 is 47.6 Å². The van der Waals surface area contributed by atoms with E-state index in [1.807, 2.05) is 30.3 Å². The quantitative estimate of drug-likeness (QED) is 0.368. The fourth-order valence-corrected chi connectivity index (χ4v) is 5.43. The van der Waals surface area contributed by atoms with Crippen molar-refractivity contribution in [1.29, 1.82) is 0 Å². The van der Waals surface area contributed by atoms with Gasteiger partial charge in [0.15, 0.2) is 11.7 Å². The molecule has 10 nitrogen and oxygen atoms in total. The van der Waals surface area contributed by atoms with Crippen LogP contribution in [0.1, 0.15) is 34.1 Å². The second-order valence-corrected chi connectivity index (χ2v) is 8.89. The van der Waals surface area contributed by atoms with Gasteiger partial charge in [0.2, 0.25) is 6.29 Å². The van der Waals surface area contributed by atoms with E-state index in [-0.39, 0.29) is 13.2 Å².